The molecule has 0 aliphatic carbocycles. The van der Waals surface area contributed by atoms with Crippen molar-refractivity contribution >= 4 is 32.5 Å². The number of nitrogens with two attached hydrogens (primary N) is 1. The zero-order valence-electron chi connectivity index (χ0n) is 9.68. The number of anilines is 1. The summed E-state index contributed by atoms with van der Waals surface area (Å²) in [5.41, 5.74) is 8.78. The molecule has 18 heavy (non-hydrogen) atoms. The molecule has 2 heterocycles. The predicted molar refractivity (Wildman–Crippen MR) is 77.4 cm³/mol. The first kappa shape index (κ1) is 11.3. The van der Waals surface area contributed by atoms with Gasteiger partial charge in [0.25, 0.3) is 0 Å². The number of fused-ring (bicyclic) bond motifs is 1. The minimum Gasteiger partial charge on any atom is -0.399 e. The van der Waals surface area contributed by atoms with Gasteiger partial charge in [0, 0.05) is 22.6 Å². The zero-order valence-corrected chi connectivity index (χ0v) is 11.3. The van der Waals surface area contributed by atoms with Gasteiger partial charge in [-0.25, -0.2) is 0 Å². The Balaban J connectivity index is 1.99. The van der Waals surface area contributed by atoms with Gasteiger partial charge in [0.05, 0.1) is 17.8 Å². The molecular weight excluding hydrogens is 290 g/mol. The molecule has 2 aromatic heterocycles. The molecule has 0 atom stereocenters. The summed E-state index contributed by atoms with van der Waals surface area (Å²) in [4.78, 5) is 4.38. The molecule has 0 aliphatic rings. The molecule has 0 bridgehead atoms. The monoisotopic (exact) mass is 301 g/mol. The van der Waals surface area contributed by atoms with Crippen molar-refractivity contribution in [3.05, 3.63) is 59.0 Å². The maximum absolute atomic E-state index is 5.83. The standard InChI is InChI=1S/C14H12BrN3/c15-11-2-4-13(17-8-11)9-18-6-5-10-1-3-12(16)7-14(10)18/h1-8H,9,16H2. The number of rotatable bonds is 2. The van der Waals surface area contributed by atoms with Gasteiger partial charge in [-0.05, 0) is 51.6 Å². The van der Waals surface area contributed by atoms with Crippen molar-refractivity contribution in [3.63, 3.8) is 0 Å². The molecule has 0 fully saturated rings. The van der Waals surface area contributed by atoms with Crippen LogP contribution in [-0.4, -0.2) is 9.55 Å². The first-order chi connectivity index (χ1) is 8.72. The summed E-state index contributed by atoms with van der Waals surface area (Å²) in [5, 5.41) is 1.20. The molecule has 0 aliphatic heterocycles. The van der Waals surface area contributed by atoms with E-state index >= 15 is 0 Å². The van der Waals surface area contributed by atoms with Crippen molar-refractivity contribution in [1.82, 2.24) is 9.55 Å². The number of benzene rings is 1. The Morgan fingerprint density at radius 2 is 2.06 bits per heavy atom. The first-order valence-electron chi connectivity index (χ1n) is 5.67. The van der Waals surface area contributed by atoms with E-state index in [2.05, 4.69) is 37.7 Å². The summed E-state index contributed by atoms with van der Waals surface area (Å²) in [6.45, 7) is 0.750. The maximum Gasteiger partial charge on any atom is 0.0648 e. The number of aromatic nitrogens is 2. The van der Waals surface area contributed by atoms with E-state index in [-0.39, 0.29) is 0 Å². The predicted octanol–water partition coefficient (Wildman–Crippen LogP) is 3.43. The molecule has 3 aromatic rings. The van der Waals surface area contributed by atoms with Crippen molar-refractivity contribution < 1.29 is 0 Å². The Morgan fingerprint density at radius 1 is 1.17 bits per heavy atom. The van der Waals surface area contributed by atoms with Crippen LogP contribution in [0.2, 0.25) is 0 Å². The number of hydrogen-bond acceptors (Lipinski definition) is 2. The highest BCUT2D eigenvalue weighted by Crippen LogP contribution is 2.20. The highest BCUT2D eigenvalue weighted by molar-refractivity contribution is 9.10. The topological polar surface area (TPSA) is 43.8 Å². The van der Waals surface area contributed by atoms with Crippen LogP contribution in [0, 0.1) is 0 Å². The van der Waals surface area contributed by atoms with Crippen LogP contribution >= 0.6 is 15.9 Å². The Bertz CT molecular complexity index is 686. The fourth-order valence-electron chi connectivity index (χ4n) is 2.01. The largest absolute Gasteiger partial charge is 0.399 e. The van der Waals surface area contributed by atoms with Gasteiger partial charge in [-0.3, -0.25) is 4.98 Å². The SMILES string of the molecule is Nc1ccc2ccn(Cc3ccc(Br)cn3)c2c1. The number of pyridine rings is 1. The van der Waals surface area contributed by atoms with E-state index in [1.807, 2.05) is 36.5 Å². The average molecular weight is 302 g/mol. The van der Waals surface area contributed by atoms with Gasteiger partial charge < -0.3 is 10.3 Å². The van der Waals surface area contributed by atoms with Gasteiger partial charge >= 0.3 is 0 Å². The summed E-state index contributed by atoms with van der Waals surface area (Å²) >= 11 is 3.39. The van der Waals surface area contributed by atoms with Gasteiger partial charge in [0.15, 0.2) is 0 Å². The normalized spacial score (nSPS) is 10.9. The highest BCUT2D eigenvalue weighted by Gasteiger charge is 2.03. The van der Waals surface area contributed by atoms with Crippen molar-refractivity contribution in [3.8, 4) is 0 Å². The number of nitrogen functional groups attached to an aromatic ring is 1. The summed E-state index contributed by atoms with van der Waals surface area (Å²) in [5.74, 6) is 0. The minimum atomic E-state index is 0.750. The average Bonchev–Trinajstić information content (AvgIpc) is 2.75. The van der Waals surface area contributed by atoms with Crippen LogP contribution in [0.1, 0.15) is 5.69 Å². The summed E-state index contributed by atoms with van der Waals surface area (Å²) in [6, 6.07) is 12.1. The van der Waals surface area contributed by atoms with Crippen LogP contribution in [0.4, 0.5) is 5.69 Å². The molecule has 4 heteroatoms. The molecule has 3 nitrogen and oxygen atoms in total. The van der Waals surface area contributed by atoms with Crippen LogP contribution < -0.4 is 5.73 Å². The summed E-state index contributed by atoms with van der Waals surface area (Å²) in [6.07, 6.45) is 3.88. The molecule has 0 spiro atoms. The molecule has 0 unspecified atom stereocenters. The molecule has 0 amide bonds. The second-order valence-electron chi connectivity index (χ2n) is 4.23. The van der Waals surface area contributed by atoms with Crippen molar-refractivity contribution in [2.45, 2.75) is 6.54 Å². The van der Waals surface area contributed by atoms with Crippen molar-refractivity contribution in [1.29, 1.82) is 0 Å². The lowest BCUT2D eigenvalue weighted by Crippen LogP contribution is -2.00. The third-order valence-corrected chi connectivity index (χ3v) is 3.39. The lowest BCUT2D eigenvalue weighted by atomic mass is 10.2. The number of nitrogens with zero attached hydrogens (tertiary/aromatic N) is 2. The van der Waals surface area contributed by atoms with E-state index in [0.29, 0.717) is 0 Å². The lowest BCUT2D eigenvalue weighted by Gasteiger charge is -2.05. The molecule has 0 saturated heterocycles. The van der Waals surface area contributed by atoms with Crippen LogP contribution in [-0.2, 0) is 6.54 Å². The first-order valence-corrected chi connectivity index (χ1v) is 6.46. The van der Waals surface area contributed by atoms with Gasteiger partial charge in [-0.1, -0.05) is 6.07 Å². The Kier molecular flexibility index (Phi) is 2.80. The zero-order chi connectivity index (χ0) is 12.5. The van der Waals surface area contributed by atoms with Crippen molar-refractivity contribution in [2.24, 2.45) is 0 Å². The van der Waals surface area contributed by atoms with E-state index in [9.17, 15) is 0 Å². The second-order valence-corrected chi connectivity index (χ2v) is 5.15. The molecule has 2 N–H and O–H groups in total. The fraction of sp³-hybridized carbons (Fsp3) is 0.0714. The van der Waals surface area contributed by atoms with Gasteiger partial charge in [0.2, 0.25) is 0 Å². The Hall–Kier alpha value is -1.81. The second kappa shape index (κ2) is 4.46. The molecule has 90 valence electrons. The third kappa shape index (κ3) is 2.11. The van der Waals surface area contributed by atoms with Crippen LogP contribution in [0.25, 0.3) is 10.9 Å². The summed E-state index contributed by atoms with van der Waals surface area (Å²) in [7, 11) is 0. The Labute approximate surface area is 113 Å². The van der Waals surface area contributed by atoms with E-state index in [1.165, 1.54) is 5.39 Å². The van der Waals surface area contributed by atoms with E-state index < -0.39 is 0 Å². The van der Waals surface area contributed by atoms with E-state index in [0.717, 1.165) is 27.9 Å². The van der Waals surface area contributed by atoms with Crippen LogP contribution in [0.15, 0.2) is 53.3 Å². The van der Waals surface area contributed by atoms with Gasteiger partial charge in [-0.15, -0.1) is 0 Å². The maximum atomic E-state index is 5.83. The molecular formula is C14H12BrN3. The molecule has 1 aromatic carbocycles. The fourth-order valence-corrected chi connectivity index (χ4v) is 2.25. The minimum absolute atomic E-state index is 0.750. The van der Waals surface area contributed by atoms with E-state index in [1.54, 1.807) is 0 Å². The molecule has 0 radical (unpaired) electrons. The number of halogens is 1. The van der Waals surface area contributed by atoms with Gasteiger partial charge in [-0.2, -0.15) is 0 Å². The Morgan fingerprint density at radius 3 is 2.83 bits per heavy atom. The number of hydrogen-bond donors (Lipinski definition) is 1. The van der Waals surface area contributed by atoms with E-state index in [4.69, 9.17) is 5.73 Å². The highest BCUT2D eigenvalue weighted by atomic mass is 79.9. The third-order valence-electron chi connectivity index (χ3n) is 2.92. The smallest absolute Gasteiger partial charge is 0.0648 e. The quantitative estimate of drug-likeness (QED) is 0.737. The van der Waals surface area contributed by atoms with Crippen LogP contribution in [0.3, 0.4) is 0 Å². The molecule has 0 saturated carbocycles. The van der Waals surface area contributed by atoms with Gasteiger partial charge in [0.1, 0.15) is 0 Å². The molecule has 3 rings (SSSR count). The lowest BCUT2D eigenvalue weighted by molar-refractivity contribution is 0.807. The van der Waals surface area contributed by atoms with Crippen molar-refractivity contribution in [2.75, 3.05) is 5.73 Å². The van der Waals surface area contributed by atoms with Crippen LogP contribution in [0.5, 0.6) is 0 Å². The summed E-state index contributed by atoms with van der Waals surface area (Å²) < 4.78 is 3.15.